The highest BCUT2D eigenvalue weighted by molar-refractivity contribution is 5.95. The zero-order chi connectivity index (χ0) is 17.4. The lowest BCUT2D eigenvalue weighted by Crippen LogP contribution is -2.30. The summed E-state index contributed by atoms with van der Waals surface area (Å²) in [6.07, 6.45) is 9.79. The molecular formula is C17H21N7O. The summed E-state index contributed by atoms with van der Waals surface area (Å²) in [7, 11) is 0. The molecule has 130 valence electrons. The molecule has 1 atom stereocenters. The predicted molar refractivity (Wildman–Crippen MR) is 91.1 cm³/mol. The van der Waals surface area contributed by atoms with E-state index in [9.17, 15) is 4.79 Å². The summed E-state index contributed by atoms with van der Waals surface area (Å²) >= 11 is 0. The van der Waals surface area contributed by atoms with Gasteiger partial charge in [0.1, 0.15) is 6.33 Å². The zero-order valence-corrected chi connectivity index (χ0v) is 14.4. The molecule has 0 radical (unpaired) electrons. The van der Waals surface area contributed by atoms with Crippen LogP contribution in [0.1, 0.15) is 66.6 Å². The zero-order valence-electron chi connectivity index (χ0n) is 14.4. The number of hydrogen-bond acceptors (Lipinski definition) is 5. The Labute approximate surface area is 145 Å². The average molecular weight is 339 g/mol. The molecule has 0 spiro atoms. The molecule has 8 nitrogen and oxygen atoms in total. The average Bonchev–Trinajstić information content (AvgIpc) is 3.34. The van der Waals surface area contributed by atoms with E-state index in [4.69, 9.17) is 0 Å². The third-order valence-electron chi connectivity index (χ3n) is 4.95. The molecule has 3 aromatic rings. The van der Waals surface area contributed by atoms with E-state index in [-0.39, 0.29) is 11.9 Å². The van der Waals surface area contributed by atoms with Crippen molar-refractivity contribution >= 4 is 11.6 Å². The van der Waals surface area contributed by atoms with E-state index in [1.165, 1.54) is 12.8 Å². The standard InChI is InChI=1S/C17H21N7O/c1-11(16-22-19-10-23(16)13-5-3-4-6-13)21-17(25)14-9-18-15-7-8-20-24(15)12(14)2/h7-11,13H,3-6H2,1-2H3,(H,21,25). The van der Waals surface area contributed by atoms with Crippen LogP contribution in [0.4, 0.5) is 0 Å². The fraction of sp³-hybridized carbons (Fsp3) is 0.471. The molecule has 1 unspecified atom stereocenters. The number of hydrogen-bond donors (Lipinski definition) is 1. The fourth-order valence-corrected chi connectivity index (χ4v) is 3.58. The smallest absolute Gasteiger partial charge is 0.255 e. The summed E-state index contributed by atoms with van der Waals surface area (Å²) in [5.41, 5.74) is 2.00. The molecule has 0 bridgehead atoms. The topological polar surface area (TPSA) is 90.0 Å². The van der Waals surface area contributed by atoms with E-state index in [2.05, 4.69) is 30.2 Å². The number of carbonyl (C=O) groups excluding carboxylic acids is 1. The summed E-state index contributed by atoms with van der Waals surface area (Å²) in [4.78, 5) is 17.0. The Balaban J connectivity index is 1.56. The van der Waals surface area contributed by atoms with Crippen molar-refractivity contribution in [2.75, 3.05) is 0 Å². The first kappa shape index (κ1) is 15.7. The van der Waals surface area contributed by atoms with Gasteiger partial charge >= 0.3 is 0 Å². The Bertz CT molecular complexity index is 907. The monoisotopic (exact) mass is 339 g/mol. The minimum atomic E-state index is -0.233. The Morgan fingerprint density at radius 1 is 1.36 bits per heavy atom. The van der Waals surface area contributed by atoms with Crippen LogP contribution < -0.4 is 5.32 Å². The van der Waals surface area contributed by atoms with Crippen molar-refractivity contribution in [3.8, 4) is 0 Å². The quantitative estimate of drug-likeness (QED) is 0.787. The second-order valence-electron chi connectivity index (χ2n) is 6.59. The fourth-order valence-electron chi connectivity index (χ4n) is 3.58. The summed E-state index contributed by atoms with van der Waals surface area (Å²) < 4.78 is 3.78. The molecular weight excluding hydrogens is 318 g/mol. The number of aromatic nitrogens is 6. The lowest BCUT2D eigenvalue weighted by molar-refractivity contribution is 0.0935. The Kier molecular flexibility index (Phi) is 3.95. The van der Waals surface area contributed by atoms with Crippen molar-refractivity contribution < 1.29 is 4.79 Å². The largest absolute Gasteiger partial charge is 0.342 e. The molecule has 4 rings (SSSR count). The molecule has 3 heterocycles. The number of fused-ring (bicyclic) bond motifs is 1. The van der Waals surface area contributed by atoms with Gasteiger partial charge in [0.25, 0.3) is 5.91 Å². The lowest BCUT2D eigenvalue weighted by atomic mass is 10.2. The van der Waals surface area contributed by atoms with E-state index < -0.39 is 0 Å². The number of carbonyl (C=O) groups is 1. The molecule has 25 heavy (non-hydrogen) atoms. The molecule has 0 saturated heterocycles. The number of amides is 1. The normalized spacial score (nSPS) is 16.4. The number of nitrogens with zero attached hydrogens (tertiary/aromatic N) is 6. The van der Waals surface area contributed by atoms with Gasteiger partial charge in [0, 0.05) is 18.3 Å². The van der Waals surface area contributed by atoms with E-state index in [0.717, 1.165) is 30.0 Å². The van der Waals surface area contributed by atoms with Gasteiger partial charge in [0.05, 0.1) is 23.5 Å². The number of nitrogens with one attached hydrogen (secondary N) is 1. The molecule has 1 N–H and O–H groups in total. The van der Waals surface area contributed by atoms with Gasteiger partial charge in [0.15, 0.2) is 11.5 Å². The Morgan fingerprint density at radius 2 is 2.16 bits per heavy atom. The van der Waals surface area contributed by atoms with Crippen molar-refractivity contribution in [3.63, 3.8) is 0 Å². The van der Waals surface area contributed by atoms with E-state index in [1.54, 1.807) is 29.3 Å². The highest BCUT2D eigenvalue weighted by atomic mass is 16.1. The second kappa shape index (κ2) is 6.27. The SMILES string of the molecule is Cc1c(C(=O)NC(C)c2nncn2C2CCCC2)cnc2ccnn12. The van der Waals surface area contributed by atoms with Crippen LogP contribution in [0.3, 0.4) is 0 Å². The van der Waals surface area contributed by atoms with Crippen molar-refractivity contribution in [1.82, 2.24) is 34.7 Å². The predicted octanol–water partition coefficient (Wildman–Crippen LogP) is 2.24. The summed E-state index contributed by atoms with van der Waals surface area (Å²) in [6, 6.07) is 2.01. The van der Waals surface area contributed by atoms with Crippen LogP contribution in [0, 0.1) is 6.92 Å². The van der Waals surface area contributed by atoms with Gasteiger partial charge in [-0.3, -0.25) is 4.79 Å². The Morgan fingerprint density at radius 3 is 2.96 bits per heavy atom. The highest BCUT2D eigenvalue weighted by Gasteiger charge is 2.24. The van der Waals surface area contributed by atoms with E-state index in [1.807, 2.05) is 13.8 Å². The van der Waals surface area contributed by atoms with Gasteiger partial charge in [-0.2, -0.15) is 5.10 Å². The van der Waals surface area contributed by atoms with Crippen LogP contribution in [0.25, 0.3) is 5.65 Å². The lowest BCUT2D eigenvalue weighted by Gasteiger charge is -2.19. The minimum absolute atomic E-state index is 0.184. The molecule has 1 saturated carbocycles. The van der Waals surface area contributed by atoms with Gasteiger partial charge in [-0.15, -0.1) is 10.2 Å². The van der Waals surface area contributed by atoms with Crippen molar-refractivity contribution in [2.24, 2.45) is 0 Å². The van der Waals surface area contributed by atoms with Gasteiger partial charge in [-0.05, 0) is 26.7 Å². The van der Waals surface area contributed by atoms with E-state index in [0.29, 0.717) is 11.6 Å². The molecule has 1 aliphatic carbocycles. The van der Waals surface area contributed by atoms with Gasteiger partial charge in [-0.1, -0.05) is 12.8 Å². The Hall–Kier alpha value is -2.77. The van der Waals surface area contributed by atoms with Crippen LogP contribution in [-0.2, 0) is 0 Å². The summed E-state index contributed by atoms with van der Waals surface area (Å²) in [5.74, 6) is 0.613. The first-order chi connectivity index (χ1) is 12.1. The first-order valence-electron chi connectivity index (χ1n) is 8.65. The second-order valence-corrected chi connectivity index (χ2v) is 6.59. The molecule has 1 fully saturated rings. The minimum Gasteiger partial charge on any atom is -0.342 e. The maximum atomic E-state index is 12.7. The van der Waals surface area contributed by atoms with Crippen molar-refractivity contribution in [3.05, 3.63) is 41.9 Å². The van der Waals surface area contributed by atoms with Crippen molar-refractivity contribution in [1.29, 1.82) is 0 Å². The number of aryl methyl sites for hydroxylation is 1. The van der Waals surface area contributed by atoms with Crippen molar-refractivity contribution in [2.45, 2.75) is 51.6 Å². The van der Waals surface area contributed by atoms with Gasteiger partial charge in [0.2, 0.25) is 0 Å². The third kappa shape index (κ3) is 2.77. The summed E-state index contributed by atoms with van der Waals surface area (Å²) in [5, 5.41) is 15.5. The van der Waals surface area contributed by atoms with Crippen LogP contribution in [0.2, 0.25) is 0 Å². The van der Waals surface area contributed by atoms with Gasteiger partial charge < -0.3 is 9.88 Å². The van der Waals surface area contributed by atoms with Crippen LogP contribution >= 0.6 is 0 Å². The molecule has 8 heteroatoms. The van der Waals surface area contributed by atoms with Crippen LogP contribution in [0.15, 0.2) is 24.8 Å². The van der Waals surface area contributed by atoms with Gasteiger partial charge in [-0.25, -0.2) is 9.50 Å². The summed E-state index contributed by atoms with van der Waals surface area (Å²) in [6.45, 7) is 3.80. The molecule has 1 aliphatic rings. The molecule has 1 amide bonds. The molecule has 3 aromatic heterocycles. The maximum absolute atomic E-state index is 12.7. The van der Waals surface area contributed by atoms with E-state index >= 15 is 0 Å². The van der Waals surface area contributed by atoms with Crippen LogP contribution in [0.5, 0.6) is 0 Å². The van der Waals surface area contributed by atoms with Crippen LogP contribution in [-0.4, -0.2) is 35.3 Å². The molecule has 0 aliphatic heterocycles. The number of rotatable bonds is 4. The highest BCUT2D eigenvalue weighted by Crippen LogP contribution is 2.31. The first-order valence-corrected chi connectivity index (χ1v) is 8.65. The maximum Gasteiger partial charge on any atom is 0.255 e. The third-order valence-corrected chi connectivity index (χ3v) is 4.95. The molecule has 0 aromatic carbocycles.